The molecule has 2 amide bonds. The van der Waals surface area contributed by atoms with Gasteiger partial charge in [0.1, 0.15) is 0 Å². The van der Waals surface area contributed by atoms with E-state index in [1.807, 2.05) is 0 Å². The zero-order valence-corrected chi connectivity index (χ0v) is 14.9. The second-order valence-corrected chi connectivity index (χ2v) is 3.45. The monoisotopic (exact) mass is 286 g/mol. The van der Waals surface area contributed by atoms with Crippen molar-refractivity contribution in [1.29, 1.82) is 0 Å². The van der Waals surface area contributed by atoms with Crippen LogP contribution in [0.4, 0.5) is 0 Å². The molecule has 0 heterocycles. The van der Waals surface area contributed by atoms with Crippen molar-refractivity contribution in [2.75, 3.05) is 0 Å². The van der Waals surface area contributed by atoms with Gasteiger partial charge in [0, 0.05) is 0 Å². The summed E-state index contributed by atoms with van der Waals surface area (Å²) in [5.74, 6) is -1.39. The van der Waals surface area contributed by atoms with Crippen molar-refractivity contribution in [2.45, 2.75) is 0 Å². The predicted molar refractivity (Wildman–Crippen MR) is 58.3 cm³/mol. The largest absolute Gasteiger partial charge is 1.00 e. The van der Waals surface area contributed by atoms with Crippen LogP contribution in [0.15, 0.2) is 0 Å². The summed E-state index contributed by atoms with van der Waals surface area (Å²) in [4.78, 5) is 19.4. The SMILES string of the molecule is NC(=O)C(=S)[S-].NC(=O)C(=S)[S-].[Na+].[Na+]. The van der Waals surface area contributed by atoms with E-state index >= 15 is 0 Å². The van der Waals surface area contributed by atoms with Crippen molar-refractivity contribution in [3.8, 4) is 0 Å². The molecule has 0 rings (SSSR count). The van der Waals surface area contributed by atoms with E-state index < -0.39 is 11.8 Å². The summed E-state index contributed by atoms with van der Waals surface area (Å²) in [7, 11) is 0. The maximum absolute atomic E-state index is 9.68. The molecule has 4 N–H and O–H groups in total. The molecule has 0 saturated heterocycles. The van der Waals surface area contributed by atoms with Gasteiger partial charge < -0.3 is 61.2 Å². The molecule has 0 bridgehead atoms. The standard InChI is InChI=1S/2C2H3NOS2.2Na/c2*3-1(4)2(5)6;;/h2*(H2,3,4)(H,5,6);;/q;;2*+1/p-2. The molecule has 0 radical (unpaired) electrons. The van der Waals surface area contributed by atoms with Crippen LogP contribution < -0.4 is 70.6 Å². The molecule has 0 atom stereocenters. The Morgan fingerprint density at radius 1 is 0.857 bits per heavy atom. The number of carbonyl (C=O) groups excluding carboxylic acids is 2. The zero-order chi connectivity index (χ0) is 10.3. The van der Waals surface area contributed by atoms with Gasteiger partial charge in [0.05, 0.1) is 0 Å². The topological polar surface area (TPSA) is 86.2 Å². The molecule has 0 aromatic carbocycles. The number of thiocarbonyl (C=S) groups is 2. The molecule has 0 aromatic heterocycles. The van der Waals surface area contributed by atoms with Crippen LogP contribution in [0.25, 0.3) is 0 Å². The summed E-state index contributed by atoms with van der Waals surface area (Å²) in [6.07, 6.45) is 0. The van der Waals surface area contributed by atoms with Gasteiger partial charge in [-0.15, -0.1) is 0 Å². The van der Waals surface area contributed by atoms with Crippen molar-refractivity contribution in [2.24, 2.45) is 11.5 Å². The first-order valence-corrected chi connectivity index (χ1v) is 3.94. The normalized spacial score (nSPS) is 6.29. The molecule has 0 fully saturated rings. The molecule has 68 valence electrons. The maximum atomic E-state index is 9.68. The van der Waals surface area contributed by atoms with Crippen LogP contribution in [-0.4, -0.2) is 20.2 Å². The molecule has 0 aliphatic rings. The van der Waals surface area contributed by atoms with Crippen molar-refractivity contribution in [3.63, 3.8) is 0 Å². The third-order valence-corrected chi connectivity index (χ3v) is 1.21. The predicted octanol–water partition coefficient (Wildman–Crippen LogP) is -7.30. The van der Waals surface area contributed by atoms with Crippen LogP contribution in [0.3, 0.4) is 0 Å². The summed E-state index contributed by atoms with van der Waals surface area (Å²) < 4.78 is -0.370. The molecule has 0 aliphatic carbocycles. The molecule has 0 aromatic rings. The van der Waals surface area contributed by atoms with Gasteiger partial charge in [-0.25, -0.2) is 0 Å². The quantitative estimate of drug-likeness (QED) is 0.298. The van der Waals surface area contributed by atoms with Gasteiger partial charge in [-0.1, -0.05) is 8.39 Å². The average Bonchev–Trinajstić information content (AvgIpc) is 1.88. The first-order chi connectivity index (χ1) is 5.29. The van der Waals surface area contributed by atoms with E-state index in [0.717, 1.165) is 0 Å². The maximum Gasteiger partial charge on any atom is 1.00 e. The zero-order valence-electron chi connectivity index (χ0n) is 7.60. The van der Waals surface area contributed by atoms with Crippen molar-refractivity contribution >= 4 is 69.9 Å². The summed E-state index contributed by atoms with van der Waals surface area (Å²) >= 11 is 16.6. The first-order valence-electron chi connectivity index (χ1n) is 2.30. The number of nitrogens with two attached hydrogens (primary N) is 2. The Morgan fingerprint density at radius 3 is 0.929 bits per heavy atom. The van der Waals surface area contributed by atoms with Gasteiger partial charge in [0.2, 0.25) is 11.8 Å². The van der Waals surface area contributed by atoms with Crippen LogP contribution in [0, 0.1) is 0 Å². The number of carbonyl (C=O) groups is 2. The van der Waals surface area contributed by atoms with Gasteiger partial charge in [0.25, 0.3) is 0 Å². The van der Waals surface area contributed by atoms with Gasteiger partial charge in [-0.05, 0) is 0 Å². The number of primary amides is 2. The Morgan fingerprint density at radius 2 is 0.929 bits per heavy atom. The molecule has 0 saturated carbocycles. The summed E-state index contributed by atoms with van der Waals surface area (Å²) in [6.45, 7) is 0. The van der Waals surface area contributed by atoms with Gasteiger partial charge in [-0.2, -0.15) is 0 Å². The average molecular weight is 286 g/mol. The van der Waals surface area contributed by atoms with Gasteiger partial charge in [-0.3, -0.25) is 9.59 Å². The van der Waals surface area contributed by atoms with Crippen LogP contribution in [-0.2, 0) is 34.8 Å². The molecule has 0 unspecified atom stereocenters. The number of hydrogen-bond donors (Lipinski definition) is 2. The Kier molecular flexibility index (Phi) is 25.7. The fraction of sp³-hybridized carbons (Fsp3) is 0. The minimum Gasteiger partial charge on any atom is -0.423 e. The van der Waals surface area contributed by atoms with E-state index in [4.69, 9.17) is 0 Å². The van der Waals surface area contributed by atoms with Crippen LogP contribution in [0.1, 0.15) is 0 Å². The molecule has 4 nitrogen and oxygen atoms in total. The van der Waals surface area contributed by atoms with E-state index in [1.54, 1.807) is 0 Å². The van der Waals surface area contributed by atoms with Crippen molar-refractivity contribution < 1.29 is 68.7 Å². The van der Waals surface area contributed by atoms with E-state index in [0.29, 0.717) is 0 Å². The van der Waals surface area contributed by atoms with E-state index in [2.05, 4.69) is 61.2 Å². The number of hydrogen-bond acceptors (Lipinski definition) is 6. The van der Waals surface area contributed by atoms with Crippen molar-refractivity contribution in [3.05, 3.63) is 0 Å². The first kappa shape index (κ1) is 24.7. The summed E-state index contributed by atoms with van der Waals surface area (Å²) in [5, 5.41) is 0. The smallest absolute Gasteiger partial charge is 0.423 e. The number of rotatable bonds is 2. The second kappa shape index (κ2) is 14.6. The third-order valence-electron chi connectivity index (χ3n) is 0.402. The van der Waals surface area contributed by atoms with Crippen molar-refractivity contribution in [1.82, 2.24) is 0 Å². The van der Waals surface area contributed by atoms with E-state index in [-0.39, 0.29) is 67.5 Å². The van der Waals surface area contributed by atoms with Crippen LogP contribution >= 0.6 is 24.4 Å². The Hall–Kier alpha value is 1.56. The van der Waals surface area contributed by atoms with Crippen LogP contribution in [0.5, 0.6) is 0 Å². The molecule has 0 aliphatic heterocycles. The molecular formula is C4H4N2Na2O2S4. The van der Waals surface area contributed by atoms with E-state index in [1.165, 1.54) is 0 Å². The van der Waals surface area contributed by atoms with Gasteiger partial charge >= 0.3 is 59.1 Å². The van der Waals surface area contributed by atoms with Crippen LogP contribution in [0.2, 0.25) is 0 Å². The molecular weight excluding hydrogens is 282 g/mol. The van der Waals surface area contributed by atoms with E-state index in [9.17, 15) is 9.59 Å². The summed E-state index contributed by atoms with van der Waals surface area (Å²) in [5.41, 5.74) is 9.10. The fourth-order valence-electron chi connectivity index (χ4n) is 0. The molecule has 14 heavy (non-hydrogen) atoms. The summed E-state index contributed by atoms with van der Waals surface area (Å²) in [6, 6.07) is 0. The fourth-order valence-corrected chi connectivity index (χ4v) is 0. The minimum atomic E-state index is -0.694. The second-order valence-electron chi connectivity index (χ2n) is 1.30. The van der Waals surface area contributed by atoms with Gasteiger partial charge in [0.15, 0.2) is 0 Å². The molecule has 0 spiro atoms. The Balaban J connectivity index is -0.0000000625. The number of amides is 2. The Bertz CT molecular complexity index is 187. The molecule has 10 heteroatoms. The Labute approximate surface area is 148 Å². The minimum absolute atomic E-state index is 0. The third kappa shape index (κ3) is 23.4.